The fourth-order valence-corrected chi connectivity index (χ4v) is 2.39. The molecule has 0 aromatic heterocycles. The van der Waals surface area contributed by atoms with E-state index in [1.54, 1.807) is 0 Å². The zero-order valence-electron chi connectivity index (χ0n) is 10.7. The van der Waals surface area contributed by atoms with E-state index in [0.29, 0.717) is 12.5 Å². The summed E-state index contributed by atoms with van der Waals surface area (Å²) in [5.41, 5.74) is 7.70. The zero-order valence-corrected chi connectivity index (χ0v) is 10.7. The van der Waals surface area contributed by atoms with Crippen LogP contribution in [0.4, 0.5) is 5.69 Å². The summed E-state index contributed by atoms with van der Waals surface area (Å²) in [6.45, 7) is 1.41. The standard InChI is InChI=1S/C16H17NO2/c17-13-4-3-5-14(10-13)19-11-12-8-9-18-16-7-2-1-6-15(12)16/h1-7,10,12H,8-9,11,17H2. The molecule has 0 saturated carbocycles. The van der Waals surface area contributed by atoms with Crippen molar-refractivity contribution in [2.24, 2.45) is 0 Å². The molecule has 0 saturated heterocycles. The first-order valence-electron chi connectivity index (χ1n) is 6.53. The van der Waals surface area contributed by atoms with Gasteiger partial charge in [-0.25, -0.2) is 0 Å². The van der Waals surface area contributed by atoms with Crippen molar-refractivity contribution in [2.75, 3.05) is 18.9 Å². The number of benzene rings is 2. The van der Waals surface area contributed by atoms with Gasteiger partial charge in [-0.1, -0.05) is 24.3 Å². The highest BCUT2D eigenvalue weighted by atomic mass is 16.5. The lowest BCUT2D eigenvalue weighted by Gasteiger charge is -2.25. The summed E-state index contributed by atoms with van der Waals surface area (Å²) in [4.78, 5) is 0. The summed E-state index contributed by atoms with van der Waals surface area (Å²) >= 11 is 0. The summed E-state index contributed by atoms with van der Waals surface area (Å²) < 4.78 is 11.5. The van der Waals surface area contributed by atoms with E-state index in [4.69, 9.17) is 15.2 Å². The highest BCUT2D eigenvalue weighted by molar-refractivity contribution is 5.44. The minimum Gasteiger partial charge on any atom is -0.493 e. The van der Waals surface area contributed by atoms with Gasteiger partial charge in [0.15, 0.2) is 0 Å². The van der Waals surface area contributed by atoms with E-state index < -0.39 is 0 Å². The molecule has 1 unspecified atom stereocenters. The molecule has 2 N–H and O–H groups in total. The van der Waals surface area contributed by atoms with Gasteiger partial charge >= 0.3 is 0 Å². The van der Waals surface area contributed by atoms with Crippen molar-refractivity contribution in [1.29, 1.82) is 0 Å². The Labute approximate surface area is 113 Å². The molecule has 0 bridgehead atoms. The van der Waals surface area contributed by atoms with Crippen LogP contribution in [-0.2, 0) is 0 Å². The van der Waals surface area contributed by atoms with Crippen LogP contribution in [0.1, 0.15) is 17.9 Å². The maximum Gasteiger partial charge on any atom is 0.122 e. The van der Waals surface area contributed by atoms with Crippen molar-refractivity contribution in [1.82, 2.24) is 0 Å². The fourth-order valence-electron chi connectivity index (χ4n) is 2.39. The number of para-hydroxylation sites is 1. The van der Waals surface area contributed by atoms with Crippen molar-refractivity contribution >= 4 is 5.69 Å². The van der Waals surface area contributed by atoms with E-state index in [1.807, 2.05) is 42.5 Å². The first-order valence-corrected chi connectivity index (χ1v) is 6.53. The number of hydrogen-bond acceptors (Lipinski definition) is 3. The van der Waals surface area contributed by atoms with Gasteiger partial charge in [0.05, 0.1) is 13.2 Å². The van der Waals surface area contributed by atoms with Gasteiger partial charge in [0.1, 0.15) is 11.5 Å². The number of ether oxygens (including phenoxy) is 2. The van der Waals surface area contributed by atoms with Gasteiger partial charge in [0, 0.05) is 23.2 Å². The van der Waals surface area contributed by atoms with Gasteiger partial charge < -0.3 is 15.2 Å². The summed E-state index contributed by atoms with van der Waals surface area (Å²) in [7, 11) is 0. The lowest BCUT2D eigenvalue weighted by atomic mass is 9.94. The Hall–Kier alpha value is -2.16. The van der Waals surface area contributed by atoms with E-state index in [1.165, 1.54) is 5.56 Å². The quantitative estimate of drug-likeness (QED) is 0.856. The largest absolute Gasteiger partial charge is 0.493 e. The number of fused-ring (bicyclic) bond motifs is 1. The molecule has 0 fully saturated rings. The van der Waals surface area contributed by atoms with Crippen molar-refractivity contribution in [3.63, 3.8) is 0 Å². The Bertz CT molecular complexity index is 568. The van der Waals surface area contributed by atoms with E-state index in [-0.39, 0.29) is 0 Å². The third-order valence-corrected chi connectivity index (χ3v) is 3.39. The Morgan fingerprint density at radius 1 is 1.16 bits per heavy atom. The molecule has 19 heavy (non-hydrogen) atoms. The third kappa shape index (κ3) is 2.65. The topological polar surface area (TPSA) is 44.5 Å². The molecule has 0 amide bonds. The number of nitrogens with two attached hydrogens (primary N) is 1. The predicted octanol–water partition coefficient (Wildman–Crippen LogP) is 3.21. The SMILES string of the molecule is Nc1cccc(OCC2CCOc3ccccc32)c1. The number of hydrogen-bond donors (Lipinski definition) is 1. The molecule has 1 atom stereocenters. The molecule has 98 valence electrons. The molecule has 1 aliphatic heterocycles. The van der Waals surface area contributed by atoms with Gasteiger partial charge in [-0.15, -0.1) is 0 Å². The van der Waals surface area contributed by atoms with Crippen LogP contribution in [0.5, 0.6) is 11.5 Å². The van der Waals surface area contributed by atoms with Crippen LogP contribution in [-0.4, -0.2) is 13.2 Å². The number of anilines is 1. The van der Waals surface area contributed by atoms with Gasteiger partial charge in [-0.3, -0.25) is 0 Å². The molecular formula is C16H17NO2. The molecule has 1 heterocycles. The van der Waals surface area contributed by atoms with Crippen molar-refractivity contribution in [3.05, 3.63) is 54.1 Å². The van der Waals surface area contributed by atoms with Crippen LogP contribution >= 0.6 is 0 Å². The third-order valence-electron chi connectivity index (χ3n) is 3.39. The van der Waals surface area contributed by atoms with Gasteiger partial charge in [-0.05, 0) is 24.6 Å². The zero-order chi connectivity index (χ0) is 13.1. The molecular weight excluding hydrogens is 238 g/mol. The first-order chi connectivity index (χ1) is 9.33. The molecule has 2 aromatic carbocycles. The summed E-state index contributed by atoms with van der Waals surface area (Å²) in [5, 5.41) is 0. The number of nitrogen functional groups attached to an aromatic ring is 1. The van der Waals surface area contributed by atoms with Crippen molar-refractivity contribution in [3.8, 4) is 11.5 Å². The van der Waals surface area contributed by atoms with Crippen molar-refractivity contribution < 1.29 is 9.47 Å². The molecule has 3 rings (SSSR count). The molecule has 2 aromatic rings. The monoisotopic (exact) mass is 255 g/mol. The minimum atomic E-state index is 0.381. The van der Waals surface area contributed by atoms with E-state index >= 15 is 0 Å². The first kappa shape index (κ1) is 11.9. The van der Waals surface area contributed by atoms with Crippen LogP contribution in [0.25, 0.3) is 0 Å². The summed E-state index contributed by atoms with van der Waals surface area (Å²) in [6, 6.07) is 15.7. The average Bonchev–Trinajstić information content (AvgIpc) is 2.45. The second-order valence-electron chi connectivity index (χ2n) is 4.76. The van der Waals surface area contributed by atoms with Gasteiger partial charge in [0.2, 0.25) is 0 Å². The average molecular weight is 255 g/mol. The predicted molar refractivity (Wildman–Crippen MR) is 75.6 cm³/mol. The lowest BCUT2D eigenvalue weighted by Crippen LogP contribution is -2.19. The fraction of sp³-hybridized carbons (Fsp3) is 0.250. The maximum absolute atomic E-state index is 5.85. The van der Waals surface area contributed by atoms with E-state index in [0.717, 1.165) is 30.2 Å². The highest BCUT2D eigenvalue weighted by Gasteiger charge is 2.21. The van der Waals surface area contributed by atoms with Crippen LogP contribution < -0.4 is 15.2 Å². The second kappa shape index (κ2) is 5.22. The summed E-state index contributed by atoms with van der Waals surface area (Å²) in [5.74, 6) is 2.19. The normalized spacial score (nSPS) is 17.4. The van der Waals surface area contributed by atoms with Crippen LogP contribution in [0.2, 0.25) is 0 Å². The molecule has 0 aliphatic carbocycles. The highest BCUT2D eigenvalue weighted by Crippen LogP contribution is 2.33. The maximum atomic E-state index is 5.85. The second-order valence-corrected chi connectivity index (χ2v) is 4.76. The summed E-state index contributed by atoms with van der Waals surface area (Å²) in [6.07, 6.45) is 0.985. The molecule has 0 spiro atoms. The molecule has 3 nitrogen and oxygen atoms in total. The Morgan fingerprint density at radius 3 is 2.95 bits per heavy atom. The minimum absolute atomic E-state index is 0.381. The number of rotatable bonds is 3. The van der Waals surface area contributed by atoms with Crippen LogP contribution in [0, 0.1) is 0 Å². The molecule has 0 radical (unpaired) electrons. The van der Waals surface area contributed by atoms with Crippen LogP contribution in [0.15, 0.2) is 48.5 Å². The lowest BCUT2D eigenvalue weighted by molar-refractivity contribution is 0.217. The Kier molecular flexibility index (Phi) is 3.27. The Balaban J connectivity index is 1.71. The molecule has 1 aliphatic rings. The van der Waals surface area contributed by atoms with E-state index in [9.17, 15) is 0 Å². The smallest absolute Gasteiger partial charge is 0.122 e. The van der Waals surface area contributed by atoms with E-state index in [2.05, 4.69) is 6.07 Å². The van der Waals surface area contributed by atoms with Crippen LogP contribution in [0.3, 0.4) is 0 Å². The van der Waals surface area contributed by atoms with Gasteiger partial charge in [-0.2, -0.15) is 0 Å². The Morgan fingerprint density at radius 2 is 2.05 bits per heavy atom. The van der Waals surface area contributed by atoms with Crippen molar-refractivity contribution in [2.45, 2.75) is 12.3 Å². The van der Waals surface area contributed by atoms with Gasteiger partial charge in [0.25, 0.3) is 0 Å². The molecule has 3 heteroatoms.